The highest BCUT2D eigenvalue weighted by molar-refractivity contribution is 8.14. The lowest BCUT2D eigenvalue weighted by Crippen LogP contribution is -2.57. The largest absolute Gasteiger partial charge is 0.458 e. The molecule has 9 rings (SSSR count). The highest BCUT2D eigenvalue weighted by atomic mass is 32.2. The van der Waals surface area contributed by atoms with Crippen molar-refractivity contribution in [2.75, 3.05) is 26.4 Å². The first-order valence-electron chi connectivity index (χ1n) is 19.8. The van der Waals surface area contributed by atoms with Crippen LogP contribution in [-0.4, -0.2) is 59.9 Å². The monoisotopic (exact) mass is 694 g/mol. The molecule has 8 fully saturated rings. The van der Waals surface area contributed by atoms with Crippen molar-refractivity contribution in [3.63, 3.8) is 0 Å². The zero-order valence-corrected chi connectivity index (χ0v) is 30.8. The molecule has 8 heteroatoms. The maximum atomic E-state index is 13.4. The van der Waals surface area contributed by atoms with Gasteiger partial charge in [-0.05, 0) is 142 Å². The quantitative estimate of drug-likeness (QED) is 0.151. The van der Waals surface area contributed by atoms with Gasteiger partial charge in [0, 0.05) is 43.0 Å². The first-order chi connectivity index (χ1) is 23.5. The molecule has 270 valence electrons. The third kappa shape index (κ3) is 6.23. The SMILES string of the molecule is CC12CCC(=O)C=C1CC(SC(=O)COCCOCCCC(=O)CC13CC4CC(CC(C4)C1)C3)C1C2CCC2(C)C1CC[C@@]21CCC(=O)O1. The first-order valence-corrected chi connectivity index (χ1v) is 20.7. The van der Waals surface area contributed by atoms with Crippen molar-refractivity contribution in [3.8, 4) is 0 Å². The Balaban J connectivity index is 0.807. The van der Waals surface area contributed by atoms with Crippen LogP contribution in [0.3, 0.4) is 0 Å². The molecule has 1 saturated heterocycles. The van der Waals surface area contributed by atoms with Gasteiger partial charge in [-0.1, -0.05) is 31.2 Å². The van der Waals surface area contributed by atoms with Gasteiger partial charge in [-0.15, -0.1) is 0 Å². The smallest absolute Gasteiger partial charge is 0.306 e. The summed E-state index contributed by atoms with van der Waals surface area (Å²) in [6, 6.07) is 0. The predicted molar refractivity (Wildman–Crippen MR) is 188 cm³/mol. The Hall–Kier alpha value is -1.51. The van der Waals surface area contributed by atoms with Crippen molar-refractivity contribution < 1.29 is 33.4 Å². The van der Waals surface area contributed by atoms with Gasteiger partial charge in [0.1, 0.15) is 18.0 Å². The van der Waals surface area contributed by atoms with E-state index in [0.29, 0.717) is 68.0 Å². The second-order valence-electron chi connectivity index (χ2n) is 18.4. The van der Waals surface area contributed by atoms with Gasteiger partial charge in [0.25, 0.3) is 0 Å². The van der Waals surface area contributed by atoms with Crippen LogP contribution in [0.15, 0.2) is 11.6 Å². The molecule has 49 heavy (non-hydrogen) atoms. The number of ketones is 2. The Morgan fingerprint density at radius 3 is 2.31 bits per heavy atom. The minimum absolute atomic E-state index is 0.00457. The summed E-state index contributed by atoms with van der Waals surface area (Å²) in [5.41, 5.74) is 1.12. The number of Topliss-reactive ketones (excluding diaryl/α,β-unsaturated/α-hetero) is 1. The highest BCUT2D eigenvalue weighted by Gasteiger charge is 2.68. The molecule has 0 aromatic carbocycles. The number of fused-ring (bicyclic) bond motifs is 6. The van der Waals surface area contributed by atoms with Gasteiger partial charge in [0.15, 0.2) is 5.78 Å². The molecule has 1 spiro atoms. The molecular formula is C41H58O7S. The molecule has 1 heterocycles. The van der Waals surface area contributed by atoms with Crippen LogP contribution in [0.1, 0.15) is 129 Å². The number of carbonyl (C=O) groups is 4. The van der Waals surface area contributed by atoms with Gasteiger partial charge in [0.2, 0.25) is 5.12 Å². The Kier molecular flexibility index (Phi) is 9.29. The van der Waals surface area contributed by atoms with E-state index in [1.54, 1.807) is 0 Å². The lowest BCUT2D eigenvalue weighted by molar-refractivity contribution is -0.167. The highest BCUT2D eigenvalue weighted by Crippen LogP contribution is 2.71. The van der Waals surface area contributed by atoms with Crippen LogP contribution in [0.2, 0.25) is 0 Å². The van der Waals surface area contributed by atoms with E-state index in [4.69, 9.17) is 14.2 Å². The standard InChI is InChI=1S/C41H58O7S/c1-38-9-5-30(42)19-29(38)20-34(37-32(38)6-10-39(2)33(37)7-11-41(39)12-8-35(44)48-41)49-36(45)25-47-15-14-46-13-3-4-31(43)24-40-21-26-16-27(22-40)18-28(17-26)23-40/h19,26-28,32-34,37H,3-18,20-25H2,1-2H3/t26?,27?,28?,32?,33?,34?,37?,38?,39?,40?,41-/m1/s1. The molecule has 7 atom stereocenters. The van der Waals surface area contributed by atoms with Gasteiger partial charge in [0.05, 0.1) is 13.2 Å². The van der Waals surface area contributed by atoms with Crippen LogP contribution in [0.4, 0.5) is 0 Å². The van der Waals surface area contributed by atoms with Gasteiger partial charge in [-0.3, -0.25) is 19.2 Å². The third-order valence-corrected chi connectivity index (χ3v) is 16.8. The van der Waals surface area contributed by atoms with E-state index >= 15 is 0 Å². The average Bonchev–Trinajstić information content (AvgIpc) is 3.57. The predicted octanol–water partition coefficient (Wildman–Crippen LogP) is 7.82. The Morgan fingerprint density at radius 1 is 0.878 bits per heavy atom. The molecule has 7 nitrogen and oxygen atoms in total. The van der Waals surface area contributed by atoms with Gasteiger partial charge < -0.3 is 14.2 Å². The maximum absolute atomic E-state index is 13.4. The third-order valence-electron chi connectivity index (χ3n) is 15.6. The van der Waals surface area contributed by atoms with Crippen molar-refractivity contribution >= 4 is 34.4 Å². The second kappa shape index (κ2) is 13.2. The van der Waals surface area contributed by atoms with Gasteiger partial charge in [-0.2, -0.15) is 0 Å². The summed E-state index contributed by atoms with van der Waals surface area (Å²) in [4.78, 5) is 51.3. The lowest BCUT2D eigenvalue weighted by atomic mass is 9.46. The van der Waals surface area contributed by atoms with E-state index in [1.807, 2.05) is 6.08 Å². The molecule has 8 aliphatic carbocycles. The fourth-order valence-electron chi connectivity index (χ4n) is 13.9. The molecule has 0 aromatic rings. The molecule has 0 N–H and O–H groups in total. The van der Waals surface area contributed by atoms with Crippen LogP contribution in [-0.2, 0) is 33.4 Å². The van der Waals surface area contributed by atoms with Gasteiger partial charge in [-0.25, -0.2) is 0 Å². The lowest BCUT2D eigenvalue weighted by Gasteiger charge is -2.61. The topological polar surface area (TPSA) is 96.0 Å². The summed E-state index contributed by atoms with van der Waals surface area (Å²) in [5.74, 6) is 4.38. The van der Waals surface area contributed by atoms with Crippen molar-refractivity contribution in [2.45, 2.75) is 140 Å². The van der Waals surface area contributed by atoms with E-state index in [2.05, 4.69) is 13.8 Å². The molecule has 0 amide bonds. The minimum Gasteiger partial charge on any atom is -0.458 e. The van der Waals surface area contributed by atoms with Crippen molar-refractivity contribution in [2.24, 2.45) is 51.8 Å². The van der Waals surface area contributed by atoms with Crippen molar-refractivity contribution in [1.29, 1.82) is 0 Å². The van der Waals surface area contributed by atoms with Gasteiger partial charge >= 0.3 is 5.97 Å². The van der Waals surface area contributed by atoms with Crippen LogP contribution in [0.5, 0.6) is 0 Å². The second-order valence-corrected chi connectivity index (χ2v) is 19.7. The molecule has 7 saturated carbocycles. The molecule has 1 aliphatic heterocycles. The molecule has 0 aromatic heterocycles. The first kappa shape index (κ1) is 34.6. The Morgan fingerprint density at radius 2 is 1.59 bits per heavy atom. The van der Waals surface area contributed by atoms with Crippen LogP contribution in [0.25, 0.3) is 0 Å². The number of hydrogen-bond acceptors (Lipinski definition) is 8. The number of thioether (sulfide) groups is 1. The van der Waals surface area contributed by atoms with Crippen molar-refractivity contribution in [3.05, 3.63) is 11.6 Å². The van der Waals surface area contributed by atoms with E-state index in [0.717, 1.165) is 75.5 Å². The fraction of sp³-hybridized carbons (Fsp3) is 0.854. The van der Waals surface area contributed by atoms with E-state index in [9.17, 15) is 19.2 Å². The maximum Gasteiger partial charge on any atom is 0.306 e. The summed E-state index contributed by atoms with van der Waals surface area (Å²) >= 11 is 1.44. The zero-order valence-electron chi connectivity index (χ0n) is 29.9. The molecule has 4 bridgehead atoms. The van der Waals surface area contributed by atoms with E-state index in [1.165, 1.54) is 55.9 Å². The number of ether oxygens (including phenoxy) is 3. The number of hydrogen-bond donors (Lipinski definition) is 0. The van der Waals surface area contributed by atoms with Crippen LogP contribution >= 0.6 is 11.8 Å². The number of esters is 1. The summed E-state index contributed by atoms with van der Waals surface area (Å²) in [7, 11) is 0. The number of rotatable bonds is 12. The summed E-state index contributed by atoms with van der Waals surface area (Å²) < 4.78 is 17.8. The van der Waals surface area contributed by atoms with Crippen LogP contribution < -0.4 is 0 Å². The van der Waals surface area contributed by atoms with Crippen molar-refractivity contribution in [1.82, 2.24) is 0 Å². The minimum atomic E-state index is -0.358. The molecular weight excluding hydrogens is 637 g/mol. The zero-order chi connectivity index (χ0) is 34.0. The molecule has 0 radical (unpaired) electrons. The number of allylic oxidation sites excluding steroid dienone is 1. The Labute approximate surface area is 297 Å². The van der Waals surface area contributed by atoms with E-state index < -0.39 is 0 Å². The Bertz CT molecular complexity index is 1350. The molecule has 6 unspecified atom stereocenters. The van der Waals surface area contributed by atoms with Crippen LogP contribution in [0, 0.1) is 51.8 Å². The summed E-state index contributed by atoms with van der Waals surface area (Å²) in [6.07, 6.45) is 19.8. The summed E-state index contributed by atoms with van der Waals surface area (Å²) in [6.45, 7) is 6.11. The van der Waals surface area contributed by atoms with E-state index in [-0.39, 0.29) is 45.2 Å². The normalized spacial score (nSPS) is 44.8. The fourth-order valence-corrected chi connectivity index (χ4v) is 15.2. The average molecular weight is 695 g/mol. The summed E-state index contributed by atoms with van der Waals surface area (Å²) in [5, 5.41) is 0.132. The number of carbonyl (C=O) groups excluding carboxylic acids is 4. The molecule has 9 aliphatic rings.